The summed E-state index contributed by atoms with van der Waals surface area (Å²) in [5.74, 6) is -3.68. The smallest absolute Gasteiger partial charge is 0.326 e. The molecule has 0 fully saturated rings. The highest BCUT2D eigenvalue weighted by molar-refractivity contribution is 7.87. The largest absolute Gasteiger partial charge is 0.480 e. The summed E-state index contributed by atoms with van der Waals surface area (Å²) in [7, 11) is -18.1. The fourth-order valence-electron chi connectivity index (χ4n) is 13.2. The van der Waals surface area contributed by atoms with Crippen molar-refractivity contribution in [3.05, 3.63) is 200 Å². The molecule has 3 atom stereocenters. The van der Waals surface area contributed by atoms with Gasteiger partial charge in [0.1, 0.15) is 6.04 Å². The van der Waals surface area contributed by atoms with Crippen LogP contribution in [0.4, 0.5) is 23.0 Å². The Morgan fingerprint density at radius 2 is 1.31 bits per heavy atom. The summed E-state index contributed by atoms with van der Waals surface area (Å²) in [6.45, 7) is 10.2. The summed E-state index contributed by atoms with van der Waals surface area (Å²) in [5.41, 5.74) is 9.86. The summed E-state index contributed by atoms with van der Waals surface area (Å²) in [6.07, 6.45) is 9.27. The third kappa shape index (κ3) is 18.5. The molecule has 108 heavy (non-hydrogen) atoms. The van der Waals surface area contributed by atoms with Crippen molar-refractivity contribution < 1.29 is 81.0 Å². The van der Waals surface area contributed by atoms with Crippen LogP contribution in [0.3, 0.4) is 0 Å². The lowest BCUT2D eigenvalue weighted by atomic mass is 9.76. The molecule has 0 spiro atoms. The fraction of sp³-hybridized carbons (Fsp3) is 0.311. The zero-order chi connectivity index (χ0) is 78.6. The Morgan fingerprint density at radius 3 is 1.96 bits per heavy atom. The van der Waals surface area contributed by atoms with Crippen LogP contribution in [0.15, 0.2) is 171 Å². The van der Waals surface area contributed by atoms with E-state index in [0.717, 1.165) is 11.1 Å². The summed E-state index contributed by atoms with van der Waals surface area (Å²) in [4.78, 5) is 95.6. The second kappa shape index (κ2) is 32.1. The Morgan fingerprint density at radius 1 is 0.704 bits per heavy atom. The Bertz CT molecular complexity index is 5610. The molecule has 570 valence electrons. The number of hydrogen-bond acceptors (Lipinski definition) is 21. The van der Waals surface area contributed by atoms with Crippen LogP contribution in [0, 0.1) is 0 Å². The molecule has 2 aliphatic rings. The molecule has 0 bridgehead atoms. The quantitative estimate of drug-likeness (QED) is 0.0114. The number of aromatic amines is 1. The van der Waals surface area contributed by atoms with Gasteiger partial charge in [0.25, 0.3) is 57.8 Å². The van der Waals surface area contributed by atoms with Gasteiger partial charge in [-0.05, 0) is 206 Å². The maximum Gasteiger partial charge on any atom is 0.326 e. The molecule has 1 aliphatic carbocycles. The van der Waals surface area contributed by atoms with Gasteiger partial charge in [-0.2, -0.15) is 38.7 Å². The number of carboxylic acid groups (broad SMARTS) is 1. The van der Waals surface area contributed by atoms with Crippen molar-refractivity contribution in [2.75, 3.05) is 47.4 Å². The van der Waals surface area contributed by atoms with Crippen LogP contribution in [-0.2, 0) is 72.2 Å². The van der Waals surface area contributed by atoms with Crippen LogP contribution in [0.25, 0.3) is 38.3 Å². The number of aromatic nitrogens is 4. The number of H-pyrrole nitrogens is 1. The lowest BCUT2D eigenvalue weighted by Crippen LogP contribution is -2.42. The molecular formula is C74H81N11O19S4. The van der Waals surface area contributed by atoms with Gasteiger partial charge in [0.2, 0.25) is 11.9 Å². The minimum atomic E-state index is -4.66. The number of amides is 3. The van der Waals surface area contributed by atoms with Crippen LogP contribution in [0.5, 0.6) is 0 Å². The first-order chi connectivity index (χ1) is 50.7. The van der Waals surface area contributed by atoms with Crippen LogP contribution >= 0.6 is 0 Å². The Balaban J connectivity index is 0.888. The molecule has 6 aromatic carbocycles. The first kappa shape index (κ1) is 80.0. The maximum absolute atomic E-state index is 15.1. The van der Waals surface area contributed by atoms with E-state index in [0.29, 0.717) is 91.5 Å². The number of carboxylic acids is 1. The van der Waals surface area contributed by atoms with E-state index in [1.54, 1.807) is 86.7 Å². The SMILES string of the molecule is CC(CCNc1ccc2cc(S(=O)(=O)O)ccc2c1C(C)(C)C(=O)C=CC1=C(c2ccc(C(=O)NCCNC(=O)CCC(NC(=O)c3ccc(NCc4cnc5nc(N)[nH]c(=O)c5n4)cc3)C(=O)O)cc2)C(=CC=C2N(CCC(C)S(=O)(=O)O)c3ccc4cc(S(=O)(=O)O)ccc4c3C2(C)C)CCC1)S(=O)(=O)O. The van der Waals surface area contributed by atoms with E-state index in [1.807, 2.05) is 30.9 Å². The van der Waals surface area contributed by atoms with E-state index in [9.17, 15) is 81.0 Å². The van der Waals surface area contributed by atoms with Gasteiger partial charge in [-0.15, -0.1) is 0 Å². The van der Waals surface area contributed by atoms with Crippen molar-refractivity contribution in [1.82, 2.24) is 35.9 Å². The van der Waals surface area contributed by atoms with Crippen molar-refractivity contribution in [3.8, 4) is 0 Å². The number of nitrogen functional groups attached to an aromatic ring is 1. The molecule has 13 N–H and O–H groups in total. The number of allylic oxidation sites excluding steroid dienone is 8. The average molecular weight is 1560 g/mol. The Labute approximate surface area is 622 Å². The van der Waals surface area contributed by atoms with Crippen molar-refractivity contribution in [2.24, 2.45) is 0 Å². The standard InChI is InChI=1S/C74H81N11O19S4/c1-42(105(93,94)95)32-34-76-57-26-16-49-38-53(107(99,100)101)22-24-55(49)64(57)74(5,6)61(86)30-19-45-9-7-8-44(18-29-60-73(3,4)65-56-25-23-54(108(102,103)104)39-50(56)17-28-59(65)85(60)37-33-43(2)106(96,97)98)63(45)46-10-12-47(13-11-46)68(88)78-36-35-77-62(87)31-27-58(71(91)92)82-69(89)48-14-20-51(21-15-48)79-40-52-41-80-67-66(81-52)70(90)84-72(75)83-67/h10-26,28-30,38-39,41-43,58,76,79H,7-9,27,31-37,40H2,1-6H3,(H,77,87)(H,78,88)(H,82,89)(H,91,92)(H,93,94,95)(H,96,97,98)(H,99,100,101)(H,102,103,104)(H3,75,80,83,84,90). The molecule has 3 heterocycles. The van der Waals surface area contributed by atoms with Gasteiger partial charge in [0.05, 0.1) is 44.1 Å². The van der Waals surface area contributed by atoms with Crippen LogP contribution in [0.1, 0.15) is 130 Å². The van der Waals surface area contributed by atoms with Gasteiger partial charge in [0.15, 0.2) is 16.9 Å². The van der Waals surface area contributed by atoms with Gasteiger partial charge in [-0.3, -0.25) is 47.2 Å². The number of nitrogens with zero attached hydrogens (tertiary/aromatic N) is 4. The predicted molar refractivity (Wildman–Crippen MR) is 408 cm³/mol. The fourth-order valence-corrected chi connectivity index (χ4v) is 15.1. The minimum absolute atomic E-state index is 0.00142. The molecular weight excluding hydrogens is 1480 g/mol. The molecule has 10 rings (SSSR count). The number of nitrogens with two attached hydrogens (primary N) is 1. The molecule has 30 nitrogen and oxygen atoms in total. The topological polar surface area (TPSA) is 484 Å². The lowest BCUT2D eigenvalue weighted by Gasteiger charge is -2.29. The van der Waals surface area contributed by atoms with E-state index in [-0.39, 0.29) is 91.5 Å². The second-order valence-corrected chi connectivity index (χ2v) is 33.9. The van der Waals surface area contributed by atoms with Crippen LogP contribution < -0.4 is 42.8 Å². The number of fused-ring (bicyclic) bond motifs is 5. The lowest BCUT2D eigenvalue weighted by molar-refractivity contribution is -0.139. The summed E-state index contributed by atoms with van der Waals surface area (Å²) < 4.78 is 138. The van der Waals surface area contributed by atoms with Crippen molar-refractivity contribution in [2.45, 2.75) is 130 Å². The third-order valence-corrected chi connectivity index (χ3v) is 23.4. The summed E-state index contributed by atoms with van der Waals surface area (Å²) >= 11 is 0. The Hall–Kier alpha value is -10.6. The molecule has 3 unspecified atom stereocenters. The highest BCUT2D eigenvalue weighted by atomic mass is 32.2. The van der Waals surface area contributed by atoms with Gasteiger partial charge >= 0.3 is 5.97 Å². The number of nitrogens with one attached hydrogen (secondary N) is 6. The number of ketones is 1. The minimum Gasteiger partial charge on any atom is -0.480 e. The normalized spacial score (nSPS) is 15.9. The van der Waals surface area contributed by atoms with Crippen molar-refractivity contribution in [1.29, 1.82) is 0 Å². The summed E-state index contributed by atoms with van der Waals surface area (Å²) in [6, 6.07) is 26.1. The van der Waals surface area contributed by atoms with Gasteiger partial charge in [0, 0.05) is 71.9 Å². The average Bonchev–Trinajstić information content (AvgIpc) is 1.54. The van der Waals surface area contributed by atoms with Crippen LogP contribution in [-0.4, -0.2) is 149 Å². The summed E-state index contributed by atoms with van der Waals surface area (Å²) in [5, 5.41) is 23.8. The van der Waals surface area contributed by atoms with E-state index in [1.165, 1.54) is 68.6 Å². The van der Waals surface area contributed by atoms with Crippen molar-refractivity contribution >= 4 is 131 Å². The third-order valence-electron chi connectivity index (χ3n) is 19.2. The molecule has 1 aliphatic heterocycles. The maximum atomic E-state index is 15.1. The number of rotatable bonds is 30. The highest BCUT2D eigenvalue weighted by Crippen LogP contribution is 2.52. The zero-order valence-corrected chi connectivity index (χ0v) is 62.7. The van der Waals surface area contributed by atoms with E-state index < -0.39 is 108 Å². The number of hydrogen-bond donors (Lipinski definition) is 12. The molecule has 3 amide bonds. The molecule has 34 heteroatoms. The highest BCUT2D eigenvalue weighted by Gasteiger charge is 2.42. The van der Waals surface area contributed by atoms with Gasteiger partial charge in [-0.1, -0.05) is 62.4 Å². The number of anilines is 4. The monoisotopic (exact) mass is 1560 g/mol. The number of benzene rings is 6. The number of carbonyl (C=O) groups excluding carboxylic acids is 4. The zero-order valence-electron chi connectivity index (χ0n) is 59.4. The molecule has 0 saturated carbocycles. The van der Waals surface area contributed by atoms with E-state index in [2.05, 4.69) is 46.5 Å². The first-order valence-electron chi connectivity index (χ1n) is 34.2. The van der Waals surface area contributed by atoms with Gasteiger partial charge in [-0.25, -0.2) is 14.8 Å². The molecule has 2 aromatic heterocycles. The van der Waals surface area contributed by atoms with Gasteiger partial charge < -0.3 is 42.3 Å². The molecule has 0 saturated heterocycles. The molecule has 0 radical (unpaired) electrons. The number of carbonyl (C=O) groups is 5. The van der Waals surface area contributed by atoms with Crippen LogP contribution in [0.2, 0.25) is 0 Å². The van der Waals surface area contributed by atoms with Crippen molar-refractivity contribution in [3.63, 3.8) is 0 Å². The molecule has 8 aromatic rings. The number of aliphatic carboxylic acids is 1. The van der Waals surface area contributed by atoms with E-state index >= 15 is 4.79 Å². The Kier molecular flexibility index (Phi) is 23.7. The second-order valence-electron chi connectivity index (χ2n) is 27.4. The van der Waals surface area contributed by atoms with E-state index in [4.69, 9.17) is 5.73 Å². The predicted octanol–water partition coefficient (Wildman–Crippen LogP) is 8.61. The first-order valence-corrected chi connectivity index (χ1v) is 40.0.